The van der Waals surface area contributed by atoms with Crippen molar-refractivity contribution in [2.75, 3.05) is 6.61 Å². The highest BCUT2D eigenvalue weighted by molar-refractivity contribution is 6.33. The molecule has 0 aliphatic carbocycles. The molecule has 2 nitrogen and oxygen atoms in total. The van der Waals surface area contributed by atoms with Gasteiger partial charge in [0.2, 0.25) is 0 Å². The normalized spacial score (nSPS) is 11.6. The van der Waals surface area contributed by atoms with Crippen LogP contribution in [0.1, 0.15) is 38.2 Å². The predicted octanol–water partition coefficient (Wildman–Crippen LogP) is 6.92. The molecule has 3 aromatic rings. The van der Waals surface area contributed by atoms with E-state index >= 15 is 0 Å². The van der Waals surface area contributed by atoms with Crippen LogP contribution in [0.25, 0.3) is 21.9 Å². The SMILES string of the molecule is CCCCCCOc1cc2oc3cc(C)c(F)c(F)c3c2c(F)c1Cl. The van der Waals surface area contributed by atoms with Gasteiger partial charge in [-0.1, -0.05) is 37.8 Å². The molecule has 6 heteroatoms. The second-order valence-electron chi connectivity index (χ2n) is 6.08. The third-order valence-corrected chi connectivity index (χ3v) is 4.57. The fraction of sp³-hybridized carbons (Fsp3) is 0.368. The lowest BCUT2D eigenvalue weighted by atomic mass is 10.1. The van der Waals surface area contributed by atoms with Crippen molar-refractivity contribution in [2.45, 2.75) is 39.5 Å². The molecule has 0 saturated heterocycles. The van der Waals surface area contributed by atoms with Gasteiger partial charge in [0.05, 0.1) is 17.4 Å². The maximum Gasteiger partial charge on any atom is 0.170 e. The lowest BCUT2D eigenvalue weighted by Gasteiger charge is -2.09. The number of unbranched alkanes of at least 4 members (excludes halogenated alkanes) is 3. The van der Waals surface area contributed by atoms with Crippen molar-refractivity contribution in [3.05, 3.63) is 40.2 Å². The maximum atomic E-state index is 14.7. The van der Waals surface area contributed by atoms with E-state index < -0.39 is 17.5 Å². The third kappa shape index (κ3) is 3.17. The summed E-state index contributed by atoms with van der Waals surface area (Å²) in [4.78, 5) is 0. The Morgan fingerprint density at radius 3 is 2.36 bits per heavy atom. The van der Waals surface area contributed by atoms with Gasteiger partial charge < -0.3 is 9.15 Å². The first kappa shape index (κ1) is 17.9. The van der Waals surface area contributed by atoms with Gasteiger partial charge in [0, 0.05) is 6.07 Å². The molecular weight excluding hydrogens is 353 g/mol. The van der Waals surface area contributed by atoms with Crippen molar-refractivity contribution in [1.82, 2.24) is 0 Å². The molecule has 134 valence electrons. The van der Waals surface area contributed by atoms with Crippen molar-refractivity contribution < 1.29 is 22.3 Å². The van der Waals surface area contributed by atoms with Crippen molar-refractivity contribution in [3.63, 3.8) is 0 Å². The Kier molecular flexibility index (Phi) is 5.13. The first-order valence-corrected chi connectivity index (χ1v) is 8.65. The Labute approximate surface area is 148 Å². The lowest BCUT2D eigenvalue weighted by molar-refractivity contribution is 0.304. The number of rotatable bonds is 6. The quantitative estimate of drug-likeness (QED) is 0.439. The summed E-state index contributed by atoms with van der Waals surface area (Å²) >= 11 is 6.04. The van der Waals surface area contributed by atoms with E-state index in [1.54, 1.807) is 0 Å². The van der Waals surface area contributed by atoms with Crippen LogP contribution < -0.4 is 4.74 Å². The molecule has 25 heavy (non-hydrogen) atoms. The minimum atomic E-state index is -1.14. The second-order valence-corrected chi connectivity index (χ2v) is 6.46. The van der Waals surface area contributed by atoms with Crippen molar-refractivity contribution in [2.24, 2.45) is 0 Å². The second kappa shape index (κ2) is 7.16. The Morgan fingerprint density at radius 2 is 1.64 bits per heavy atom. The largest absolute Gasteiger partial charge is 0.492 e. The third-order valence-electron chi connectivity index (χ3n) is 4.21. The molecule has 0 fully saturated rings. The zero-order valence-electron chi connectivity index (χ0n) is 14.0. The van der Waals surface area contributed by atoms with Gasteiger partial charge in [-0.3, -0.25) is 0 Å². The summed E-state index contributed by atoms with van der Waals surface area (Å²) in [5.41, 5.74) is 0.230. The number of benzene rings is 2. The number of ether oxygens (including phenoxy) is 1. The number of aryl methyl sites for hydroxylation is 1. The van der Waals surface area contributed by atoms with Gasteiger partial charge >= 0.3 is 0 Å². The zero-order valence-corrected chi connectivity index (χ0v) is 14.8. The summed E-state index contributed by atoms with van der Waals surface area (Å²) in [6.45, 7) is 3.92. The zero-order chi connectivity index (χ0) is 18.1. The first-order chi connectivity index (χ1) is 12.0. The molecule has 1 heterocycles. The van der Waals surface area contributed by atoms with E-state index in [2.05, 4.69) is 6.92 Å². The molecule has 0 saturated carbocycles. The average molecular weight is 371 g/mol. The summed E-state index contributed by atoms with van der Waals surface area (Å²) in [5, 5.41) is -0.673. The monoisotopic (exact) mass is 370 g/mol. The number of hydrogen-bond donors (Lipinski definition) is 0. The van der Waals surface area contributed by atoms with Gasteiger partial charge in [0.25, 0.3) is 0 Å². The van der Waals surface area contributed by atoms with Crippen LogP contribution in [0.3, 0.4) is 0 Å². The Hall–Kier alpha value is -1.88. The van der Waals surface area contributed by atoms with E-state index in [9.17, 15) is 13.2 Å². The highest BCUT2D eigenvalue weighted by atomic mass is 35.5. The maximum absolute atomic E-state index is 14.7. The molecule has 0 aliphatic rings. The highest BCUT2D eigenvalue weighted by Crippen LogP contribution is 2.41. The molecule has 0 atom stereocenters. The summed E-state index contributed by atoms with van der Waals surface area (Å²) in [5.74, 6) is -2.90. The van der Waals surface area contributed by atoms with E-state index in [-0.39, 0.29) is 38.3 Å². The number of fused-ring (bicyclic) bond motifs is 3. The molecule has 2 aromatic carbocycles. The Bertz CT molecular complexity index is 934. The molecule has 0 unspecified atom stereocenters. The van der Waals surface area contributed by atoms with Gasteiger partial charge in [0.15, 0.2) is 17.5 Å². The minimum Gasteiger partial charge on any atom is -0.492 e. The van der Waals surface area contributed by atoms with Crippen LogP contribution in [-0.4, -0.2) is 6.61 Å². The average Bonchev–Trinajstić information content (AvgIpc) is 2.95. The predicted molar refractivity (Wildman–Crippen MR) is 93.0 cm³/mol. The molecule has 0 bridgehead atoms. The number of hydrogen-bond acceptors (Lipinski definition) is 2. The van der Waals surface area contributed by atoms with E-state index in [1.807, 2.05) is 0 Å². The van der Waals surface area contributed by atoms with Crippen molar-refractivity contribution >= 4 is 33.5 Å². The molecule has 0 radical (unpaired) electrons. The van der Waals surface area contributed by atoms with E-state index in [1.165, 1.54) is 19.1 Å². The molecule has 0 N–H and O–H groups in total. The molecule has 0 amide bonds. The molecule has 0 spiro atoms. The van der Waals surface area contributed by atoms with Crippen LogP contribution in [0.4, 0.5) is 13.2 Å². The Balaban J connectivity index is 2.05. The fourth-order valence-electron chi connectivity index (χ4n) is 2.87. The summed E-state index contributed by atoms with van der Waals surface area (Å²) in [6, 6.07) is 2.76. The van der Waals surface area contributed by atoms with Crippen molar-refractivity contribution in [3.8, 4) is 5.75 Å². The molecule has 3 rings (SSSR count). The van der Waals surface area contributed by atoms with E-state index in [4.69, 9.17) is 20.8 Å². The van der Waals surface area contributed by atoms with Crippen molar-refractivity contribution in [1.29, 1.82) is 0 Å². The van der Waals surface area contributed by atoms with Crippen LogP contribution in [0.5, 0.6) is 5.75 Å². The highest BCUT2D eigenvalue weighted by Gasteiger charge is 2.23. The number of furan rings is 1. The van der Waals surface area contributed by atoms with Crippen LogP contribution in [0, 0.1) is 24.4 Å². The van der Waals surface area contributed by atoms with Gasteiger partial charge in [-0.05, 0) is 25.0 Å². The van der Waals surface area contributed by atoms with Gasteiger partial charge in [-0.2, -0.15) is 0 Å². The molecule has 1 aromatic heterocycles. The van der Waals surface area contributed by atoms with Gasteiger partial charge in [-0.15, -0.1) is 0 Å². The lowest BCUT2D eigenvalue weighted by Crippen LogP contribution is -1.99. The number of halogens is 4. The van der Waals surface area contributed by atoms with Crippen LogP contribution >= 0.6 is 11.6 Å². The first-order valence-electron chi connectivity index (χ1n) is 8.27. The summed E-state index contributed by atoms with van der Waals surface area (Å²) in [7, 11) is 0. The van der Waals surface area contributed by atoms with Crippen LogP contribution in [0.2, 0.25) is 5.02 Å². The van der Waals surface area contributed by atoms with E-state index in [0.29, 0.717) is 6.61 Å². The smallest absolute Gasteiger partial charge is 0.170 e. The molecular formula is C19H18ClF3O2. The van der Waals surface area contributed by atoms with Crippen LogP contribution in [0.15, 0.2) is 16.5 Å². The van der Waals surface area contributed by atoms with Gasteiger partial charge in [-0.25, -0.2) is 13.2 Å². The minimum absolute atomic E-state index is 0.0708. The standard InChI is InChI=1S/C19H18ClF3O2/c1-3-4-5-6-7-24-13-9-12-14(18(22)16(13)20)15-11(25-12)8-10(2)17(21)19(15)23/h8-9H,3-7H2,1-2H3. The van der Waals surface area contributed by atoms with E-state index in [0.717, 1.165) is 25.7 Å². The topological polar surface area (TPSA) is 22.4 Å². The summed E-state index contributed by atoms with van der Waals surface area (Å²) < 4.78 is 53.9. The molecule has 0 aliphatic heterocycles. The summed E-state index contributed by atoms with van der Waals surface area (Å²) in [6.07, 6.45) is 4.02. The Morgan fingerprint density at radius 1 is 0.960 bits per heavy atom. The van der Waals surface area contributed by atoms with Crippen LogP contribution in [-0.2, 0) is 0 Å². The fourth-order valence-corrected chi connectivity index (χ4v) is 3.07. The van der Waals surface area contributed by atoms with Gasteiger partial charge in [0.1, 0.15) is 21.9 Å².